The normalized spacial score (nSPS) is 27.0. The van der Waals surface area contributed by atoms with Crippen LogP contribution in [-0.4, -0.2) is 39.2 Å². The standard InChI is InChI=1S/C21H21NO6/c1-22-6-5-11-7-15-16(26-9-25-15)8-13(11)19-18(22)12-3-4-14-20(27-10-24-14)17(12)21(23-2)28-19/h3-4,7-8,18-19,21H,5-6,9-10H2,1-2H3/t18-,19?,21+/m1/s1. The lowest BCUT2D eigenvalue weighted by Crippen LogP contribution is -2.35. The predicted molar refractivity (Wildman–Crippen MR) is 97.8 cm³/mol. The number of fused-ring (bicyclic) bond motifs is 8. The highest BCUT2D eigenvalue weighted by atomic mass is 16.7. The van der Waals surface area contributed by atoms with Crippen LogP contribution in [0.2, 0.25) is 0 Å². The van der Waals surface area contributed by atoms with Gasteiger partial charge in [-0.05, 0) is 48.4 Å². The van der Waals surface area contributed by atoms with E-state index < -0.39 is 6.29 Å². The molecule has 4 heterocycles. The number of ether oxygens (including phenoxy) is 6. The number of methoxy groups -OCH3 is 1. The average molecular weight is 383 g/mol. The van der Waals surface area contributed by atoms with Crippen molar-refractivity contribution in [2.45, 2.75) is 24.9 Å². The van der Waals surface area contributed by atoms with E-state index in [0.29, 0.717) is 0 Å². The van der Waals surface area contributed by atoms with Crippen LogP contribution in [0.15, 0.2) is 24.3 Å². The average Bonchev–Trinajstić information content (AvgIpc) is 3.35. The first-order valence-electron chi connectivity index (χ1n) is 9.48. The van der Waals surface area contributed by atoms with Gasteiger partial charge in [0.05, 0.1) is 11.6 Å². The summed E-state index contributed by atoms with van der Waals surface area (Å²) in [6.45, 7) is 1.39. The fourth-order valence-electron chi connectivity index (χ4n) is 4.75. The van der Waals surface area contributed by atoms with Gasteiger partial charge in [0.1, 0.15) is 6.10 Å². The molecule has 0 saturated heterocycles. The Morgan fingerprint density at radius 3 is 2.61 bits per heavy atom. The summed E-state index contributed by atoms with van der Waals surface area (Å²) in [6, 6.07) is 8.30. The van der Waals surface area contributed by atoms with E-state index in [1.54, 1.807) is 7.11 Å². The molecule has 1 unspecified atom stereocenters. The molecular formula is C21H21NO6. The second-order valence-electron chi connectivity index (χ2n) is 7.51. The highest BCUT2D eigenvalue weighted by molar-refractivity contribution is 5.56. The van der Waals surface area contributed by atoms with E-state index >= 15 is 0 Å². The lowest BCUT2D eigenvalue weighted by atomic mass is 9.87. The third-order valence-electron chi connectivity index (χ3n) is 6.09. The third kappa shape index (κ3) is 2.21. The molecule has 0 N–H and O–H groups in total. The SMILES string of the molecule is CO[C@H]1OC2c3cc4c(cc3CCN(C)[C@@H]2c2ccc3c(c21)OCO3)OCO4. The Morgan fingerprint density at radius 1 is 0.964 bits per heavy atom. The zero-order chi connectivity index (χ0) is 18.8. The van der Waals surface area contributed by atoms with Crippen molar-refractivity contribution < 1.29 is 28.4 Å². The maximum Gasteiger partial charge on any atom is 0.231 e. The number of likely N-dealkylation sites (N-methyl/N-ethyl adjacent to an activating group) is 1. The van der Waals surface area contributed by atoms with Crippen molar-refractivity contribution in [2.24, 2.45) is 0 Å². The number of benzene rings is 2. The molecule has 28 heavy (non-hydrogen) atoms. The summed E-state index contributed by atoms with van der Waals surface area (Å²) in [5, 5.41) is 0. The van der Waals surface area contributed by atoms with Crippen molar-refractivity contribution in [1.29, 1.82) is 0 Å². The van der Waals surface area contributed by atoms with E-state index in [0.717, 1.165) is 52.7 Å². The lowest BCUT2D eigenvalue weighted by Gasteiger charge is -2.41. The minimum absolute atomic E-state index is 0.0394. The summed E-state index contributed by atoms with van der Waals surface area (Å²) in [5.41, 5.74) is 4.43. The molecule has 0 fully saturated rings. The van der Waals surface area contributed by atoms with E-state index in [1.165, 1.54) is 5.56 Å². The minimum atomic E-state index is -0.530. The van der Waals surface area contributed by atoms with Gasteiger partial charge in [-0.3, -0.25) is 4.90 Å². The lowest BCUT2D eigenvalue weighted by molar-refractivity contribution is -0.190. The van der Waals surface area contributed by atoms with Crippen LogP contribution < -0.4 is 18.9 Å². The Morgan fingerprint density at radius 2 is 1.75 bits per heavy atom. The van der Waals surface area contributed by atoms with Crippen molar-refractivity contribution in [3.8, 4) is 23.0 Å². The molecule has 0 aliphatic carbocycles. The third-order valence-corrected chi connectivity index (χ3v) is 6.09. The monoisotopic (exact) mass is 383 g/mol. The van der Waals surface area contributed by atoms with Crippen molar-refractivity contribution in [3.63, 3.8) is 0 Å². The van der Waals surface area contributed by atoms with Gasteiger partial charge in [-0.1, -0.05) is 6.07 Å². The van der Waals surface area contributed by atoms with Crippen LogP contribution in [-0.2, 0) is 15.9 Å². The molecule has 146 valence electrons. The van der Waals surface area contributed by atoms with Crippen LogP contribution in [0.3, 0.4) is 0 Å². The van der Waals surface area contributed by atoms with Gasteiger partial charge in [-0.25, -0.2) is 0 Å². The summed E-state index contributed by atoms with van der Waals surface area (Å²) in [4.78, 5) is 2.34. The minimum Gasteiger partial charge on any atom is -0.454 e. The number of rotatable bonds is 1. The highest BCUT2D eigenvalue weighted by Gasteiger charge is 2.44. The molecule has 0 radical (unpaired) electrons. The van der Waals surface area contributed by atoms with E-state index in [9.17, 15) is 0 Å². The Labute approximate surface area is 162 Å². The molecule has 0 spiro atoms. The van der Waals surface area contributed by atoms with E-state index in [4.69, 9.17) is 28.4 Å². The first kappa shape index (κ1) is 16.5. The van der Waals surface area contributed by atoms with E-state index in [-0.39, 0.29) is 25.7 Å². The molecule has 4 aliphatic heterocycles. The quantitative estimate of drug-likeness (QED) is 0.750. The van der Waals surface area contributed by atoms with Gasteiger partial charge in [0.2, 0.25) is 13.6 Å². The Hall–Kier alpha value is -2.48. The van der Waals surface area contributed by atoms with Crippen LogP contribution in [0.4, 0.5) is 0 Å². The molecular weight excluding hydrogens is 362 g/mol. The molecule has 7 heteroatoms. The Balaban J connectivity index is 1.54. The molecule has 6 rings (SSSR count). The topological polar surface area (TPSA) is 58.6 Å². The second kappa shape index (κ2) is 6.01. The summed E-state index contributed by atoms with van der Waals surface area (Å²) < 4.78 is 34.8. The van der Waals surface area contributed by atoms with Gasteiger partial charge in [0.25, 0.3) is 0 Å². The summed E-state index contributed by atoms with van der Waals surface area (Å²) in [6.07, 6.45) is 0.198. The maximum absolute atomic E-state index is 6.53. The Bertz CT molecular complexity index is 960. The molecule has 0 bridgehead atoms. The molecule has 7 nitrogen and oxygen atoms in total. The fraction of sp³-hybridized carbons (Fsp3) is 0.429. The van der Waals surface area contributed by atoms with Crippen molar-refractivity contribution >= 4 is 0 Å². The largest absolute Gasteiger partial charge is 0.454 e. The van der Waals surface area contributed by atoms with Gasteiger partial charge in [-0.2, -0.15) is 0 Å². The molecule has 0 aromatic heterocycles. The van der Waals surface area contributed by atoms with Gasteiger partial charge in [0, 0.05) is 13.7 Å². The number of hydrogen-bond donors (Lipinski definition) is 0. The highest BCUT2D eigenvalue weighted by Crippen LogP contribution is 2.55. The maximum atomic E-state index is 6.53. The predicted octanol–water partition coefficient (Wildman–Crippen LogP) is 3.09. The molecule has 2 aromatic carbocycles. The van der Waals surface area contributed by atoms with Crippen molar-refractivity contribution in [1.82, 2.24) is 4.90 Å². The summed E-state index contributed by atoms with van der Waals surface area (Å²) in [5.74, 6) is 3.05. The number of nitrogens with zero attached hydrogens (tertiary/aromatic N) is 1. The fourth-order valence-corrected chi connectivity index (χ4v) is 4.75. The molecule has 4 aliphatic rings. The van der Waals surface area contributed by atoms with Crippen LogP contribution in [0.1, 0.15) is 40.7 Å². The zero-order valence-corrected chi connectivity index (χ0v) is 15.8. The first-order chi connectivity index (χ1) is 13.7. The first-order valence-corrected chi connectivity index (χ1v) is 9.48. The van der Waals surface area contributed by atoms with E-state index in [1.807, 2.05) is 6.07 Å². The van der Waals surface area contributed by atoms with Gasteiger partial charge < -0.3 is 28.4 Å². The Kier molecular flexibility index (Phi) is 3.53. The van der Waals surface area contributed by atoms with Crippen LogP contribution in [0, 0.1) is 0 Å². The molecule has 0 saturated carbocycles. The second-order valence-corrected chi connectivity index (χ2v) is 7.51. The van der Waals surface area contributed by atoms with Gasteiger partial charge >= 0.3 is 0 Å². The number of hydrogen-bond acceptors (Lipinski definition) is 7. The van der Waals surface area contributed by atoms with E-state index in [2.05, 4.69) is 30.1 Å². The van der Waals surface area contributed by atoms with Crippen molar-refractivity contribution in [2.75, 3.05) is 34.3 Å². The van der Waals surface area contributed by atoms with Crippen LogP contribution in [0.5, 0.6) is 23.0 Å². The molecule has 3 atom stereocenters. The van der Waals surface area contributed by atoms with Gasteiger partial charge in [0.15, 0.2) is 29.3 Å². The van der Waals surface area contributed by atoms with Crippen LogP contribution in [0.25, 0.3) is 0 Å². The molecule has 2 aromatic rings. The summed E-state index contributed by atoms with van der Waals surface area (Å²) >= 11 is 0. The molecule has 0 amide bonds. The van der Waals surface area contributed by atoms with Crippen molar-refractivity contribution in [3.05, 3.63) is 46.5 Å². The van der Waals surface area contributed by atoms with Crippen LogP contribution >= 0.6 is 0 Å². The van der Waals surface area contributed by atoms with Gasteiger partial charge in [-0.15, -0.1) is 0 Å². The smallest absolute Gasteiger partial charge is 0.231 e. The zero-order valence-electron chi connectivity index (χ0n) is 15.8. The summed E-state index contributed by atoms with van der Waals surface area (Å²) in [7, 11) is 3.79.